The van der Waals surface area contributed by atoms with Crippen molar-refractivity contribution in [3.8, 4) is 5.75 Å². The molecule has 1 fully saturated rings. The molecule has 1 amide bonds. The molecule has 1 heterocycles. The highest BCUT2D eigenvalue weighted by Gasteiger charge is 2.25. The van der Waals surface area contributed by atoms with Crippen LogP contribution in [0.4, 0.5) is 5.13 Å². The van der Waals surface area contributed by atoms with Crippen molar-refractivity contribution in [3.05, 3.63) is 18.2 Å². The summed E-state index contributed by atoms with van der Waals surface area (Å²) < 4.78 is 6.50. The summed E-state index contributed by atoms with van der Waals surface area (Å²) in [6.07, 6.45) is 3.73. The first-order valence-corrected chi connectivity index (χ1v) is 8.57. The van der Waals surface area contributed by atoms with Crippen molar-refractivity contribution in [2.24, 2.45) is 11.7 Å². The van der Waals surface area contributed by atoms with Crippen molar-refractivity contribution in [2.45, 2.75) is 38.6 Å². The third-order valence-electron chi connectivity index (χ3n) is 3.99. The molecule has 0 bridgehead atoms. The van der Waals surface area contributed by atoms with Crippen molar-refractivity contribution >= 4 is 32.6 Å². The van der Waals surface area contributed by atoms with Gasteiger partial charge in [-0.05, 0) is 44.4 Å². The first-order valence-electron chi connectivity index (χ1n) is 7.75. The van der Waals surface area contributed by atoms with Crippen LogP contribution < -0.4 is 15.8 Å². The van der Waals surface area contributed by atoms with Crippen molar-refractivity contribution in [3.63, 3.8) is 0 Å². The number of anilines is 1. The number of nitrogens with zero attached hydrogens (tertiary/aromatic N) is 1. The molecule has 2 atom stereocenters. The molecule has 3 rings (SSSR count). The third-order valence-corrected chi connectivity index (χ3v) is 4.92. The molecule has 3 N–H and O–H groups in total. The molecule has 0 saturated heterocycles. The highest BCUT2D eigenvalue weighted by atomic mass is 32.1. The van der Waals surface area contributed by atoms with Gasteiger partial charge in [-0.25, -0.2) is 4.98 Å². The van der Waals surface area contributed by atoms with Gasteiger partial charge in [-0.15, -0.1) is 0 Å². The minimum atomic E-state index is 0.00903. The van der Waals surface area contributed by atoms with E-state index >= 15 is 0 Å². The largest absolute Gasteiger partial charge is 0.494 e. The lowest BCUT2D eigenvalue weighted by atomic mass is 9.86. The number of ether oxygens (including phenoxy) is 1. The van der Waals surface area contributed by atoms with Crippen LogP contribution in [0.5, 0.6) is 5.75 Å². The van der Waals surface area contributed by atoms with Gasteiger partial charge in [0.2, 0.25) is 5.91 Å². The van der Waals surface area contributed by atoms with Gasteiger partial charge < -0.3 is 15.8 Å². The Kier molecular flexibility index (Phi) is 4.59. The predicted molar refractivity (Wildman–Crippen MR) is 89.4 cm³/mol. The van der Waals surface area contributed by atoms with E-state index in [-0.39, 0.29) is 17.9 Å². The summed E-state index contributed by atoms with van der Waals surface area (Å²) in [7, 11) is 0. The molecule has 1 aliphatic carbocycles. The zero-order valence-electron chi connectivity index (χ0n) is 12.7. The molecule has 1 aromatic carbocycles. The van der Waals surface area contributed by atoms with Crippen LogP contribution in [0.3, 0.4) is 0 Å². The summed E-state index contributed by atoms with van der Waals surface area (Å²) in [5, 5.41) is 3.59. The van der Waals surface area contributed by atoms with E-state index in [1.807, 2.05) is 25.1 Å². The summed E-state index contributed by atoms with van der Waals surface area (Å²) in [6, 6.07) is 5.93. The van der Waals surface area contributed by atoms with Gasteiger partial charge in [-0.1, -0.05) is 17.8 Å². The van der Waals surface area contributed by atoms with Crippen molar-refractivity contribution in [1.82, 2.24) is 4.98 Å². The van der Waals surface area contributed by atoms with E-state index in [1.165, 1.54) is 11.3 Å². The fraction of sp³-hybridized carbons (Fsp3) is 0.500. The maximum Gasteiger partial charge on any atom is 0.229 e. The Bertz CT molecular complexity index is 670. The summed E-state index contributed by atoms with van der Waals surface area (Å²) in [5.74, 6) is 0.878. The number of thiazole rings is 1. The zero-order valence-corrected chi connectivity index (χ0v) is 13.5. The normalized spacial score (nSPS) is 21.7. The molecule has 0 spiro atoms. The van der Waals surface area contributed by atoms with Crippen LogP contribution in [-0.2, 0) is 4.79 Å². The summed E-state index contributed by atoms with van der Waals surface area (Å²) in [6.45, 7) is 2.59. The molecule has 22 heavy (non-hydrogen) atoms. The Hall–Kier alpha value is -1.66. The molecular weight excluding hydrogens is 298 g/mol. The summed E-state index contributed by atoms with van der Waals surface area (Å²) in [4.78, 5) is 16.8. The molecule has 1 aromatic heterocycles. The smallest absolute Gasteiger partial charge is 0.229 e. The van der Waals surface area contributed by atoms with E-state index in [0.29, 0.717) is 11.7 Å². The molecule has 6 heteroatoms. The second-order valence-electron chi connectivity index (χ2n) is 5.69. The molecule has 1 saturated carbocycles. The maximum atomic E-state index is 12.3. The number of carbonyl (C=O) groups is 1. The van der Waals surface area contributed by atoms with E-state index in [4.69, 9.17) is 10.5 Å². The van der Waals surface area contributed by atoms with Crippen LogP contribution in [0.15, 0.2) is 18.2 Å². The summed E-state index contributed by atoms with van der Waals surface area (Å²) >= 11 is 1.48. The molecule has 0 aliphatic heterocycles. The molecule has 1 aliphatic rings. The average molecular weight is 319 g/mol. The third kappa shape index (κ3) is 3.39. The van der Waals surface area contributed by atoms with Gasteiger partial charge in [0.15, 0.2) is 5.13 Å². The van der Waals surface area contributed by atoms with Crippen LogP contribution in [0.25, 0.3) is 10.2 Å². The Morgan fingerprint density at radius 3 is 3.14 bits per heavy atom. The highest BCUT2D eigenvalue weighted by Crippen LogP contribution is 2.30. The minimum Gasteiger partial charge on any atom is -0.494 e. The molecule has 118 valence electrons. The fourth-order valence-electron chi connectivity index (χ4n) is 2.89. The predicted octanol–water partition coefficient (Wildman–Crippen LogP) is 3.15. The molecule has 2 unspecified atom stereocenters. The zero-order chi connectivity index (χ0) is 15.5. The SMILES string of the molecule is CCOc1ccc2nc(NC(=O)C3CCCC(N)C3)sc2c1. The van der Waals surface area contributed by atoms with Gasteiger partial charge in [0.1, 0.15) is 5.75 Å². The van der Waals surface area contributed by atoms with Crippen molar-refractivity contribution in [1.29, 1.82) is 0 Å². The maximum absolute atomic E-state index is 12.3. The Labute approximate surface area is 133 Å². The van der Waals surface area contributed by atoms with Gasteiger partial charge in [-0.2, -0.15) is 0 Å². The van der Waals surface area contributed by atoms with E-state index < -0.39 is 0 Å². The number of hydrogen-bond donors (Lipinski definition) is 2. The fourth-order valence-corrected chi connectivity index (χ4v) is 3.79. The Morgan fingerprint density at radius 2 is 2.36 bits per heavy atom. The standard InChI is InChI=1S/C16H21N3O2S/c1-2-21-12-6-7-13-14(9-12)22-16(18-13)19-15(20)10-4-3-5-11(17)8-10/h6-7,9-11H,2-5,8,17H2,1H3,(H,18,19,20). The topological polar surface area (TPSA) is 77.2 Å². The second kappa shape index (κ2) is 6.62. The number of hydrogen-bond acceptors (Lipinski definition) is 5. The molecule has 0 radical (unpaired) electrons. The molecule has 5 nitrogen and oxygen atoms in total. The van der Waals surface area contributed by atoms with Crippen LogP contribution >= 0.6 is 11.3 Å². The van der Waals surface area contributed by atoms with Gasteiger partial charge >= 0.3 is 0 Å². The van der Waals surface area contributed by atoms with E-state index in [1.54, 1.807) is 0 Å². The van der Waals surface area contributed by atoms with Crippen molar-refractivity contribution < 1.29 is 9.53 Å². The Balaban J connectivity index is 1.71. The van der Waals surface area contributed by atoms with Gasteiger partial charge in [0.25, 0.3) is 0 Å². The number of rotatable bonds is 4. The number of aromatic nitrogens is 1. The average Bonchev–Trinajstić information content (AvgIpc) is 2.89. The molecular formula is C16H21N3O2S. The first-order chi connectivity index (χ1) is 10.7. The number of nitrogens with two attached hydrogens (primary N) is 1. The second-order valence-corrected chi connectivity index (χ2v) is 6.73. The van der Waals surface area contributed by atoms with Gasteiger partial charge in [0.05, 0.1) is 16.8 Å². The minimum absolute atomic E-state index is 0.00903. The van der Waals surface area contributed by atoms with Crippen molar-refractivity contribution in [2.75, 3.05) is 11.9 Å². The lowest BCUT2D eigenvalue weighted by Crippen LogP contribution is -2.34. The van der Waals surface area contributed by atoms with E-state index in [0.717, 1.165) is 41.6 Å². The number of amides is 1. The van der Waals surface area contributed by atoms with E-state index in [9.17, 15) is 4.79 Å². The van der Waals surface area contributed by atoms with E-state index in [2.05, 4.69) is 10.3 Å². The molecule has 2 aromatic rings. The lowest BCUT2D eigenvalue weighted by Gasteiger charge is -2.25. The van der Waals surface area contributed by atoms with Crippen LogP contribution in [0, 0.1) is 5.92 Å². The number of fused-ring (bicyclic) bond motifs is 1. The highest BCUT2D eigenvalue weighted by molar-refractivity contribution is 7.22. The van der Waals surface area contributed by atoms with Crippen LogP contribution in [0.2, 0.25) is 0 Å². The van der Waals surface area contributed by atoms with Gasteiger partial charge in [-0.3, -0.25) is 4.79 Å². The monoisotopic (exact) mass is 319 g/mol. The van der Waals surface area contributed by atoms with Crippen LogP contribution in [0.1, 0.15) is 32.6 Å². The first kappa shape index (κ1) is 15.2. The number of benzene rings is 1. The lowest BCUT2D eigenvalue weighted by molar-refractivity contribution is -0.120. The van der Waals surface area contributed by atoms with Crippen LogP contribution in [-0.4, -0.2) is 23.5 Å². The Morgan fingerprint density at radius 1 is 1.50 bits per heavy atom. The van der Waals surface area contributed by atoms with Gasteiger partial charge in [0, 0.05) is 12.0 Å². The quantitative estimate of drug-likeness (QED) is 0.907. The number of carbonyl (C=O) groups excluding carboxylic acids is 1. The summed E-state index contributed by atoms with van der Waals surface area (Å²) in [5.41, 5.74) is 6.83. The number of nitrogens with one attached hydrogen (secondary N) is 1.